The van der Waals surface area contributed by atoms with Gasteiger partial charge in [-0.25, -0.2) is 0 Å². The summed E-state index contributed by atoms with van der Waals surface area (Å²) in [7, 11) is 0. The highest BCUT2D eigenvalue weighted by Crippen LogP contribution is 2.48. The van der Waals surface area contributed by atoms with Crippen molar-refractivity contribution in [2.45, 2.75) is 52.4 Å². The lowest BCUT2D eigenvalue weighted by Gasteiger charge is -2.26. The zero-order valence-corrected chi connectivity index (χ0v) is 28.2. The molecule has 0 saturated heterocycles. The Bertz CT molecular complexity index is 1730. The maximum absolute atomic E-state index is 6.84. The van der Waals surface area contributed by atoms with E-state index in [2.05, 4.69) is 166 Å². The first-order valence-electron chi connectivity index (χ1n) is 15.3. The van der Waals surface area contributed by atoms with E-state index in [4.69, 9.17) is 4.74 Å². The molecule has 0 aliphatic carbocycles. The quantitative estimate of drug-likeness (QED) is 0.131. The summed E-state index contributed by atoms with van der Waals surface area (Å²) in [6, 6.07) is 37.1. The van der Waals surface area contributed by atoms with Crippen LogP contribution in [0.5, 0.6) is 5.75 Å². The van der Waals surface area contributed by atoms with E-state index in [0.717, 1.165) is 24.6 Å². The van der Waals surface area contributed by atoms with Crippen LogP contribution in [0.4, 0.5) is 11.4 Å². The first-order chi connectivity index (χ1) is 20.7. The monoisotopic (exact) mass is 680 g/mol. The molecule has 4 aromatic rings. The van der Waals surface area contributed by atoms with Gasteiger partial charge in [-0.15, -0.1) is 0 Å². The highest BCUT2D eigenvalue weighted by atomic mass is 127. The number of halogens is 1. The fourth-order valence-electron chi connectivity index (χ4n) is 6.56. The second-order valence-corrected chi connectivity index (χ2v) is 15.2. The zero-order chi connectivity index (χ0) is 30.2. The molecular formula is C39H41IN2O+2. The minimum absolute atomic E-state index is 0.150. The number of benzene rings is 4. The summed E-state index contributed by atoms with van der Waals surface area (Å²) in [5.41, 5.74) is 7.49. The van der Waals surface area contributed by atoms with E-state index in [1.165, 1.54) is 41.1 Å². The number of para-hydroxylation sites is 2. The number of nitrogens with zero attached hydrogens (tertiary/aromatic N) is 2. The lowest BCUT2D eigenvalue weighted by atomic mass is 9.81. The topological polar surface area (TPSA) is 15.5 Å². The molecule has 2 aliphatic heterocycles. The van der Waals surface area contributed by atoms with Gasteiger partial charge in [-0.1, -0.05) is 68.4 Å². The molecule has 0 N–H and O–H groups in total. The molecule has 0 radical (unpaired) electrons. The second kappa shape index (κ2) is 11.8. The fraction of sp³-hybridized carbons (Fsp3) is 0.256. The van der Waals surface area contributed by atoms with E-state index in [1.807, 2.05) is 0 Å². The highest BCUT2D eigenvalue weighted by molar-refractivity contribution is 6.03. The van der Waals surface area contributed by atoms with Crippen LogP contribution >= 0.6 is 0 Å². The van der Waals surface area contributed by atoms with Gasteiger partial charge in [0.05, 0.1) is 5.41 Å². The van der Waals surface area contributed by atoms with E-state index in [1.54, 1.807) is 0 Å². The number of hydrogen-bond donors (Lipinski definition) is 0. The van der Waals surface area contributed by atoms with Crippen LogP contribution in [0.25, 0.3) is 0 Å². The average Bonchev–Trinajstić information content (AvgIpc) is 3.37. The number of likely N-dealkylation sites (N-methyl/N-ethyl adjacent to an activating group) is 1. The third kappa shape index (κ3) is 5.46. The van der Waals surface area contributed by atoms with Crippen LogP contribution < -0.4 is 30.8 Å². The van der Waals surface area contributed by atoms with Crippen molar-refractivity contribution < 1.29 is 30.5 Å². The Hall–Kier alpha value is -3.64. The molecule has 0 atom stereocenters. The lowest BCUT2D eigenvalue weighted by Crippen LogP contribution is -3.61. The van der Waals surface area contributed by atoms with Crippen LogP contribution in [0.1, 0.15) is 52.7 Å². The van der Waals surface area contributed by atoms with Gasteiger partial charge >= 0.3 is 21.2 Å². The molecule has 2 heterocycles. The summed E-state index contributed by atoms with van der Waals surface area (Å²) in [6.07, 6.45) is 4.57. The predicted octanol–water partition coefficient (Wildman–Crippen LogP) is 5.88. The van der Waals surface area contributed by atoms with E-state index in [-0.39, 0.29) is 32.0 Å². The fourth-order valence-corrected chi connectivity index (χ4v) is 8.77. The number of allylic oxidation sites excluding steroid dienone is 3. The Balaban J connectivity index is 1.44. The maximum Gasteiger partial charge on any atom is 0.357 e. The summed E-state index contributed by atoms with van der Waals surface area (Å²) in [5.74, 6) is 1.71. The van der Waals surface area contributed by atoms with Gasteiger partial charge in [0, 0.05) is 47.1 Å². The average molecular weight is 681 g/mol. The van der Waals surface area contributed by atoms with Crippen LogP contribution in [0, 0.1) is 7.14 Å². The van der Waals surface area contributed by atoms with Crippen LogP contribution in [-0.2, 0) is 10.8 Å². The van der Waals surface area contributed by atoms with Crippen LogP contribution in [-0.4, -0.2) is 23.4 Å². The highest BCUT2D eigenvalue weighted by Gasteiger charge is 2.45. The molecular weight excluding hydrogens is 639 g/mol. The van der Waals surface area contributed by atoms with Gasteiger partial charge in [0.15, 0.2) is 12.9 Å². The number of ether oxygens (including phenoxy) is 1. The van der Waals surface area contributed by atoms with Crippen molar-refractivity contribution in [3.05, 3.63) is 145 Å². The normalized spacial score (nSPS) is 17.8. The van der Waals surface area contributed by atoms with Crippen molar-refractivity contribution in [3.63, 3.8) is 0 Å². The Morgan fingerprint density at radius 3 is 2.07 bits per heavy atom. The van der Waals surface area contributed by atoms with Gasteiger partial charge in [-0.3, -0.25) is 0 Å². The number of hydrogen-bond acceptors (Lipinski definition) is 2. The molecule has 218 valence electrons. The molecule has 3 nitrogen and oxygen atoms in total. The molecule has 0 amide bonds. The summed E-state index contributed by atoms with van der Waals surface area (Å²) in [5, 5.41) is 0. The van der Waals surface area contributed by atoms with E-state index >= 15 is 0 Å². The van der Waals surface area contributed by atoms with E-state index in [9.17, 15) is 0 Å². The summed E-state index contributed by atoms with van der Waals surface area (Å²) >= 11 is -0.225. The molecule has 0 fully saturated rings. The second-order valence-electron chi connectivity index (χ2n) is 12.2. The standard InChI is InChI=1S/C39H41IN2O/c1-7-41-34-20-14-12-18-32(34)38(3,4)36(41)26-31(27-37-39(5,6)33-19-13-15-21-35(33)42(37)8-2)43-30-24-22-29(23-25-30)40-28-16-10-9-11-17-28/h9-27H,7-8H2,1-6H3/q+2. The summed E-state index contributed by atoms with van der Waals surface area (Å²) in [6.45, 7) is 15.6. The SMILES string of the molecule is CCN1/C(=C/C(=C/C2=[N+](CC)c3ccccc3C2(C)C)Oc2ccc([I+]c3ccccc3)cc2)C(C)(C)c2ccccc21. The lowest BCUT2D eigenvalue weighted by molar-refractivity contribution is -0.597. The van der Waals surface area contributed by atoms with Gasteiger partial charge in [-0.2, -0.15) is 4.58 Å². The molecule has 0 aromatic heterocycles. The molecule has 6 rings (SSSR count). The van der Waals surface area contributed by atoms with Crippen molar-refractivity contribution in [1.29, 1.82) is 0 Å². The Kier molecular flexibility index (Phi) is 8.08. The molecule has 0 bridgehead atoms. The van der Waals surface area contributed by atoms with Crippen molar-refractivity contribution in [2.24, 2.45) is 0 Å². The van der Waals surface area contributed by atoms with Crippen molar-refractivity contribution in [3.8, 4) is 5.75 Å². The number of fused-ring (bicyclic) bond motifs is 2. The Morgan fingerprint density at radius 2 is 1.37 bits per heavy atom. The van der Waals surface area contributed by atoms with Crippen molar-refractivity contribution in [1.82, 2.24) is 0 Å². The molecule has 0 saturated carbocycles. The van der Waals surface area contributed by atoms with Gasteiger partial charge < -0.3 is 9.64 Å². The van der Waals surface area contributed by atoms with Gasteiger partial charge in [0.1, 0.15) is 18.1 Å². The molecule has 4 heteroatoms. The summed E-state index contributed by atoms with van der Waals surface area (Å²) in [4.78, 5) is 2.44. The molecule has 0 unspecified atom stereocenters. The molecule has 0 spiro atoms. The van der Waals surface area contributed by atoms with Crippen molar-refractivity contribution >= 4 is 17.1 Å². The third-order valence-corrected chi connectivity index (χ3v) is 11.5. The number of anilines is 1. The van der Waals surface area contributed by atoms with Gasteiger partial charge in [0.25, 0.3) is 0 Å². The van der Waals surface area contributed by atoms with Crippen molar-refractivity contribution in [2.75, 3.05) is 18.0 Å². The maximum atomic E-state index is 6.84. The zero-order valence-electron chi connectivity index (χ0n) is 26.1. The number of rotatable bonds is 8. The largest absolute Gasteiger partial charge is 0.457 e. The van der Waals surface area contributed by atoms with Crippen LogP contribution in [0.2, 0.25) is 0 Å². The first kappa shape index (κ1) is 29.4. The van der Waals surface area contributed by atoms with Crippen LogP contribution in [0.3, 0.4) is 0 Å². The Labute approximate surface area is 267 Å². The Morgan fingerprint density at radius 1 is 0.744 bits per heavy atom. The van der Waals surface area contributed by atoms with Crippen LogP contribution in [0.15, 0.2) is 127 Å². The molecule has 43 heavy (non-hydrogen) atoms. The molecule has 4 aromatic carbocycles. The molecule has 2 aliphatic rings. The van der Waals surface area contributed by atoms with Gasteiger partial charge in [0.2, 0.25) is 5.69 Å². The van der Waals surface area contributed by atoms with Gasteiger partial charge in [-0.05, 0) is 75.7 Å². The minimum Gasteiger partial charge on any atom is -0.457 e. The van der Waals surface area contributed by atoms with E-state index < -0.39 is 0 Å². The van der Waals surface area contributed by atoms with E-state index in [0.29, 0.717) is 0 Å². The predicted molar refractivity (Wildman–Crippen MR) is 174 cm³/mol. The third-order valence-electron chi connectivity index (χ3n) is 8.79. The minimum atomic E-state index is -0.225. The first-order valence-corrected chi connectivity index (χ1v) is 17.4. The smallest absolute Gasteiger partial charge is 0.357 e. The summed E-state index contributed by atoms with van der Waals surface area (Å²) < 4.78 is 12.1.